The molecule has 0 amide bonds. The van der Waals surface area contributed by atoms with Crippen molar-refractivity contribution >= 4 is 27.8 Å². The second-order valence-corrected chi connectivity index (χ2v) is 9.63. The van der Waals surface area contributed by atoms with Gasteiger partial charge in [-0.3, -0.25) is 14.4 Å². The van der Waals surface area contributed by atoms with E-state index in [2.05, 4.69) is 6.07 Å². The van der Waals surface area contributed by atoms with Crippen LogP contribution in [0.15, 0.2) is 80.9 Å². The number of aromatic hydroxyl groups is 1. The fourth-order valence-electron chi connectivity index (χ4n) is 5.80. The predicted octanol–water partition coefficient (Wildman–Crippen LogP) is 4.87. The summed E-state index contributed by atoms with van der Waals surface area (Å²) in [4.78, 5) is 39.9. The maximum atomic E-state index is 13.8. The summed E-state index contributed by atoms with van der Waals surface area (Å²) in [5.41, 5.74) is 3.99. The zero-order chi connectivity index (χ0) is 25.3. The maximum absolute atomic E-state index is 13.8. The number of phenolic OH excluding ortho intramolecular Hbond substituents is 1. The molecule has 0 bridgehead atoms. The number of aromatic nitrogens is 1. The van der Waals surface area contributed by atoms with Gasteiger partial charge in [-0.2, -0.15) is 0 Å². The van der Waals surface area contributed by atoms with Crippen LogP contribution in [0, 0.1) is 0 Å². The number of carbonyl (C=O) groups is 1. The second-order valence-electron chi connectivity index (χ2n) is 9.63. The molecule has 0 radical (unpaired) electrons. The van der Waals surface area contributed by atoms with Crippen molar-refractivity contribution in [1.82, 2.24) is 4.57 Å². The number of fused-ring (bicyclic) bond motifs is 3. The minimum absolute atomic E-state index is 0.0318. The lowest BCUT2D eigenvalue weighted by atomic mass is 9.84. The first-order valence-electron chi connectivity index (χ1n) is 12.2. The molecule has 7 nitrogen and oxygen atoms in total. The third-order valence-corrected chi connectivity index (χ3v) is 7.49. The van der Waals surface area contributed by atoms with Gasteiger partial charge in [0.25, 0.3) is 5.56 Å². The molecule has 2 aliphatic rings. The summed E-state index contributed by atoms with van der Waals surface area (Å²) >= 11 is 0. The first-order valence-corrected chi connectivity index (χ1v) is 12.2. The van der Waals surface area contributed by atoms with E-state index in [1.54, 1.807) is 24.3 Å². The Hall–Kier alpha value is -4.65. The molecule has 182 valence electrons. The van der Waals surface area contributed by atoms with Crippen molar-refractivity contribution < 1.29 is 19.1 Å². The standard InChI is InChI=1S/C30H21NO6/c32-19-8-6-16(7-9-19)23-15-36-29-20(28(23)34)10-11-24-26(29)21(14-25(33)37-24)22-13-18-4-1-3-17-5-2-12-31(27(17)18)30(22)35/h1,3-4,6-11,13,15,21,32H,2,5,12,14H2. The second kappa shape index (κ2) is 7.93. The van der Waals surface area contributed by atoms with Crippen LogP contribution in [0.25, 0.3) is 33.0 Å². The Morgan fingerprint density at radius 1 is 0.973 bits per heavy atom. The highest BCUT2D eigenvalue weighted by Crippen LogP contribution is 2.43. The molecular weight excluding hydrogens is 470 g/mol. The van der Waals surface area contributed by atoms with Crippen molar-refractivity contribution in [2.24, 2.45) is 0 Å². The van der Waals surface area contributed by atoms with Crippen LogP contribution in [0.2, 0.25) is 0 Å². The molecule has 3 aromatic carbocycles. The summed E-state index contributed by atoms with van der Waals surface area (Å²) in [6.45, 7) is 0.616. The minimum atomic E-state index is -0.617. The van der Waals surface area contributed by atoms with Gasteiger partial charge in [-0.05, 0) is 59.7 Å². The van der Waals surface area contributed by atoms with E-state index in [0.717, 1.165) is 29.3 Å². The summed E-state index contributed by atoms with van der Waals surface area (Å²) in [7, 11) is 0. The predicted molar refractivity (Wildman–Crippen MR) is 138 cm³/mol. The van der Waals surface area contributed by atoms with Gasteiger partial charge in [-0.25, -0.2) is 0 Å². The van der Waals surface area contributed by atoms with Crippen LogP contribution >= 0.6 is 0 Å². The molecule has 0 saturated carbocycles. The van der Waals surface area contributed by atoms with Crippen LogP contribution in [0.1, 0.15) is 35.4 Å². The number of para-hydroxylation sites is 1. The first kappa shape index (κ1) is 21.6. The van der Waals surface area contributed by atoms with Gasteiger partial charge >= 0.3 is 5.97 Å². The van der Waals surface area contributed by atoms with Gasteiger partial charge in [0, 0.05) is 23.6 Å². The lowest BCUT2D eigenvalue weighted by Gasteiger charge is -2.27. The first-order chi connectivity index (χ1) is 18.0. The van der Waals surface area contributed by atoms with E-state index in [1.807, 2.05) is 22.8 Å². The smallest absolute Gasteiger partial charge is 0.312 e. The number of pyridine rings is 1. The average Bonchev–Trinajstić information content (AvgIpc) is 2.91. The number of benzene rings is 3. The van der Waals surface area contributed by atoms with Crippen molar-refractivity contribution in [3.05, 3.63) is 104 Å². The van der Waals surface area contributed by atoms with Crippen molar-refractivity contribution in [2.75, 3.05) is 0 Å². The number of rotatable bonds is 2. The van der Waals surface area contributed by atoms with Crippen LogP contribution in [-0.4, -0.2) is 15.6 Å². The Kier molecular flexibility index (Phi) is 4.63. The van der Waals surface area contributed by atoms with E-state index in [-0.39, 0.29) is 23.2 Å². The van der Waals surface area contributed by atoms with Gasteiger partial charge < -0.3 is 18.8 Å². The highest BCUT2D eigenvalue weighted by Gasteiger charge is 2.34. The van der Waals surface area contributed by atoms with E-state index < -0.39 is 11.9 Å². The highest BCUT2D eigenvalue weighted by molar-refractivity contribution is 5.91. The van der Waals surface area contributed by atoms with E-state index in [4.69, 9.17) is 9.15 Å². The van der Waals surface area contributed by atoms with Gasteiger partial charge in [0.2, 0.25) is 5.43 Å². The van der Waals surface area contributed by atoms with Gasteiger partial charge in [-0.1, -0.05) is 30.3 Å². The molecule has 2 aromatic heterocycles. The van der Waals surface area contributed by atoms with Crippen LogP contribution in [-0.2, 0) is 17.8 Å². The molecule has 7 heteroatoms. The Morgan fingerprint density at radius 2 is 1.81 bits per heavy atom. The molecular formula is C30H21NO6. The number of carbonyl (C=O) groups excluding carboxylic acids is 1. The molecule has 37 heavy (non-hydrogen) atoms. The summed E-state index contributed by atoms with van der Waals surface area (Å²) in [6, 6.07) is 17.4. The zero-order valence-electron chi connectivity index (χ0n) is 19.7. The largest absolute Gasteiger partial charge is 0.508 e. The Labute approximate surface area is 210 Å². The van der Waals surface area contributed by atoms with Crippen molar-refractivity contribution in [3.8, 4) is 22.6 Å². The van der Waals surface area contributed by atoms with Crippen LogP contribution in [0.4, 0.5) is 0 Å². The van der Waals surface area contributed by atoms with Crippen molar-refractivity contribution in [1.29, 1.82) is 0 Å². The van der Waals surface area contributed by atoms with Gasteiger partial charge in [0.05, 0.1) is 22.9 Å². The van der Waals surface area contributed by atoms with E-state index in [0.29, 0.717) is 45.5 Å². The van der Waals surface area contributed by atoms with Gasteiger partial charge in [0.15, 0.2) is 0 Å². The zero-order valence-corrected chi connectivity index (χ0v) is 19.7. The molecule has 1 unspecified atom stereocenters. The Bertz CT molecular complexity index is 1880. The third kappa shape index (κ3) is 3.24. The average molecular weight is 491 g/mol. The molecule has 1 atom stereocenters. The monoisotopic (exact) mass is 491 g/mol. The van der Waals surface area contributed by atoms with Gasteiger partial charge in [-0.15, -0.1) is 0 Å². The molecule has 0 spiro atoms. The van der Waals surface area contributed by atoms with Gasteiger partial charge in [0.1, 0.15) is 23.3 Å². The number of hydrogen-bond donors (Lipinski definition) is 1. The number of ether oxygens (including phenoxy) is 1. The summed E-state index contributed by atoms with van der Waals surface area (Å²) in [5.74, 6) is -0.665. The topological polar surface area (TPSA) is 98.7 Å². The lowest BCUT2D eigenvalue weighted by Crippen LogP contribution is -2.31. The number of phenols is 1. The van der Waals surface area contributed by atoms with Crippen LogP contribution in [0.5, 0.6) is 11.5 Å². The van der Waals surface area contributed by atoms with Crippen LogP contribution < -0.4 is 15.7 Å². The fourth-order valence-corrected chi connectivity index (χ4v) is 5.80. The third-order valence-electron chi connectivity index (χ3n) is 7.49. The van der Waals surface area contributed by atoms with E-state index >= 15 is 0 Å². The maximum Gasteiger partial charge on any atom is 0.312 e. The molecule has 0 aliphatic carbocycles. The summed E-state index contributed by atoms with van der Waals surface area (Å²) in [5, 5.41) is 10.9. The molecule has 0 fully saturated rings. The fraction of sp³-hybridized carbons (Fsp3) is 0.167. The highest BCUT2D eigenvalue weighted by atomic mass is 16.5. The SMILES string of the molecule is O=C1CC(c2cc3cccc4c3n(c2=O)CCC4)c2c(ccc3c(=O)c(-c4ccc(O)cc4)coc23)O1. The number of aryl methyl sites for hydroxylation is 2. The van der Waals surface area contributed by atoms with Crippen molar-refractivity contribution in [2.45, 2.75) is 31.7 Å². The molecule has 0 saturated heterocycles. The van der Waals surface area contributed by atoms with Crippen molar-refractivity contribution in [3.63, 3.8) is 0 Å². The Balaban J connectivity index is 1.48. The van der Waals surface area contributed by atoms with E-state index in [1.165, 1.54) is 18.4 Å². The van der Waals surface area contributed by atoms with E-state index in [9.17, 15) is 19.5 Å². The molecule has 5 aromatic rings. The molecule has 2 aliphatic heterocycles. The summed E-state index contributed by atoms with van der Waals surface area (Å²) < 4.78 is 13.4. The molecule has 4 heterocycles. The minimum Gasteiger partial charge on any atom is -0.508 e. The number of esters is 1. The molecule has 1 N–H and O–H groups in total. The number of nitrogens with zero attached hydrogens (tertiary/aromatic N) is 1. The molecule has 7 rings (SSSR count). The Morgan fingerprint density at radius 3 is 2.65 bits per heavy atom. The van der Waals surface area contributed by atoms with Crippen LogP contribution in [0.3, 0.4) is 0 Å². The summed E-state index contributed by atoms with van der Waals surface area (Å²) in [6.07, 6.45) is 3.15. The lowest BCUT2D eigenvalue weighted by molar-refractivity contribution is -0.135. The quantitative estimate of drug-likeness (QED) is 0.280. The number of hydrogen-bond acceptors (Lipinski definition) is 6. The normalized spacial score (nSPS) is 16.5.